The third-order valence-electron chi connectivity index (χ3n) is 2.55. The van der Waals surface area contributed by atoms with E-state index < -0.39 is 17.8 Å². The molecule has 1 atom stereocenters. The van der Waals surface area contributed by atoms with E-state index in [0.717, 1.165) is 6.07 Å². The van der Waals surface area contributed by atoms with Crippen LogP contribution in [0, 0.1) is 0 Å². The van der Waals surface area contributed by atoms with Gasteiger partial charge in [0.2, 0.25) is 0 Å². The van der Waals surface area contributed by atoms with Gasteiger partial charge in [0.25, 0.3) is 0 Å². The molecule has 3 nitrogen and oxygen atoms in total. The van der Waals surface area contributed by atoms with Gasteiger partial charge in [0, 0.05) is 25.8 Å². The smallest absolute Gasteiger partial charge is 0.392 e. The van der Waals surface area contributed by atoms with E-state index in [9.17, 15) is 18.3 Å². The molecule has 0 aliphatic rings. The van der Waals surface area contributed by atoms with Crippen molar-refractivity contribution in [2.45, 2.75) is 25.7 Å². The fourth-order valence-corrected chi connectivity index (χ4v) is 1.76. The summed E-state index contributed by atoms with van der Waals surface area (Å²) >= 11 is 0. The summed E-state index contributed by atoms with van der Waals surface area (Å²) < 4.78 is 38.8. The summed E-state index contributed by atoms with van der Waals surface area (Å²) in [5.74, 6) is 0. The maximum Gasteiger partial charge on any atom is 0.418 e. The third-order valence-corrected chi connectivity index (χ3v) is 2.55. The predicted molar refractivity (Wildman–Crippen MR) is 64.3 cm³/mol. The lowest BCUT2D eigenvalue weighted by Crippen LogP contribution is -2.29. The van der Waals surface area contributed by atoms with E-state index in [1.807, 2.05) is 0 Å². The first kappa shape index (κ1) is 14.8. The highest BCUT2D eigenvalue weighted by Crippen LogP contribution is 2.36. The maximum atomic E-state index is 12.9. The van der Waals surface area contributed by atoms with Crippen molar-refractivity contribution in [1.82, 2.24) is 0 Å². The third kappa shape index (κ3) is 3.61. The fraction of sp³-hybridized carbons (Fsp3) is 0.500. The van der Waals surface area contributed by atoms with Crippen molar-refractivity contribution in [2.75, 3.05) is 18.5 Å². The van der Waals surface area contributed by atoms with E-state index in [2.05, 4.69) is 0 Å². The average molecular weight is 262 g/mol. The number of nitrogens with two attached hydrogens (primary N) is 1. The molecular weight excluding hydrogens is 245 g/mol. The summed E-state index contributed by atoms with van der Waals surface area (Å²) in [6.07, 6.45) is -5.14. The molecule has 0 saturated heterocycles. The number of rotatable bonds is 4. The van der Waals surface area contributed by atoms with Crippen LogP contribution in [-0.2, 0) is 12.7 Å². The number of aliphatic hydroxyl groups excluding tert-OH is 1. The molecule has 0 bridgehead atoms. The van der Waals surface area contributed by atoms with Gasteiger partial charge in [0.1, 0.15) is 0 Å². The maximum absolute atomic E-state index is 12.9. The van der Waals surface area contributed by atoms with E-state index in [0.29, 0.717) is 5.56 Å². The van der Waals surface area contributed by atoms with Gasteiger partial charge in [-0.15, -0.1) is 0 Å². The minimum atomic E-state index is -4.44. The van der Waals surface area contributed by atoms with Gasteiger partial charge in [-0.1, -0.05) is 6.07 Å². The van der Waals surface area contributed by atoms with Gasteiger partial charge in [-0.2, -0.15) is 13.2 Å². The summed E-state index contributed by atoms with van der Waals surface area (Å²) in [5.41, 5.74) is 5.09. The Labute approximate surface area is 104 Å². The van der Waals surface area contributed by atoms with E-state index in [-0.39, 0.29) is 18.8 Å². The summed E-state index contributed by atoms with van der Waals surface area (Å²) in [4.78, 5) is 1.38. The number of alkyl halides is 3. The minimum absolute atomic E-state index is 0.0422. The summed E-state index contributed by atoms with van der Waals surface area (Å²) in [6, 6.07) is 3.99. The summed E-state index contributed by atoms with van der Waals surface area (Å²) in [6.45, 7) is 1.71. The molecule has 0 saturated carbocycles. The van der Waals surface area contributed by atoms with Gasteiger partial charge in [0.15, 0.2) is 0 Å². The molecular formula is C12H17F3N2O. The zero-order valence-corrected chi connectivity index (χ0v) is 10.3. The van der Waals surface area contributed by atoms with Crippen molar-refractivity contribution in [3.8, 4) is 0 Å². The molecule has 0 radical (unpaired) electrons. The molecule has 0 aliphatic carbocycles. The van der Waals surface area contributed by atoms with Crippen LogP contribution in [0.4, 0.5) is 18.9 Å². The highest BCUT2D eigenvalue weighted by atomic mass is 19.4. The Bertz CT molecular complexity index is 405. The van der Waals surface area contributed by atoms with Crippen molar-refractivity contribution in [3.63, 3.8) is 0 Å². The summed E-state index contributed by atoms with van der Waals surface area (Å²) in [7, 11) is 1.51. The first-order valence-corrected chi connectivity index (χ1v) is 5.55. The number of likely N-dealkylation sites (N-methyl/N-ethyl adjacent to an activating group) is 1. The zero-order chi connectivity index (χ0) is 13.9. The van der Waals surface area contributed by atoms with E-state index in [1.54, 1.807) is 6.07 Å². The van der Waals surface area contributed by atoms with Crippen LogP contribution in [0.3, 0.4) is 0 Å². The van der Waals surface area contributed by atoms with Gasteiger partial charge < -0.3 is 15.7 Å². The molecule has 1 aromatic rings. The minimum Gasteiger partial charge on any atom is -0.392 e. The van der Waals surface area contributed by atoms with E-state index in [1.165, 1.54) is 24.9 Å². The molecule has 0 fully saturated rings. The van der Waals surface area contributed by atoms with Gasteiger partial charge in [-0.05, 0) is 24.6 Å². The quantitative estimate of drug-likeness (QED) is 0.872. The highest BCUT2D eigenvalue weighted by Gasteiger charge is 2.34. The number of benzene rings is 1. The topological polar surface area (TPSA) is 49.5 Å². The molecule has 0 heterocycles. The Kier molecular flexibility index (Phi) is 4.59. The highest BCUT2D eigenvalue weighted by molar-refractivity contribution is 5.56. The van der Waals surface area contributed by atoms with Crippen LogP contribution in [0.25, 0.3) is 0 Å². The second-order valence-electron chi connectivity index (χ2n) is 4.28. The molecule has 1 aromatic carbocycles. The Hall–Kier alpha value is -1.27. The molecule has 102 valence electrons. The number of aliphatic hydroxyl groups is 1. The first-order valence-electron chi connectivity index (χ1n) is 5.55. The second kappa shape index (κ2) is 5.58. The SMILES string of the molecule is CC(O)CN(C)c1ccc(CN)cc1C(F)(F)F. The molecule has 1 rings (SSSR count). The average Bonchev–Trinajstić information content (AvgIpc) is 2.26. The van der Waals surface area contributed by atoms with Crippen molar-refractivity contribution in [3.05, 3.63) is 29.3 Å². The molecule has 3 N–H and O–H groups in total. The van der Waals surface area contributed by atoms with E-state index in [4.69, 9.17) is 5.73 Å². The van der Waals surface area contributed by atoms with Crippen LogP contribution in [0.5, 0.6) is 0 Å². The van der Waals surface area contributed by atoms with Crippen molar-refractivity contribution < 1.29 is 18.3 Å². The zero-order valence-electron chi connectivity index (χ0n) is 10.3. The van der Waals surface area contributed by atoms with Crippen molar-refractivity contribution in [1.29, 1.82) is 0 Å². The van der Waals surface area contributed by atoms with Gasteiger partial charge in [0.05, 0.1) is 11.7 Å². The van der Waals surface area contributed by atoms with Crippen LogP contribution in [0.2, 0.25) is 0 Å². The normalized spacial score (nSPS) is 13.5. The monoisotopic (exact) mass is 262 g/mol. The molecule has 18 heavy (non-hydrogen) atoms. The lowest BCUT2D eigenvalue weighted by atomic mass is 10.1. The van der Waals surface area contributed by atoms with Crippen LogP contribution >= 0.6 is 0 Å². The van der Waals surface area contributed by atoms with Crippen LogP contribution < -0.4 is 10.6 Å². The predicted octanol–water partition coefficient (Wildman–Crippen LogP) is 1.98. The Morgan fingerprint density at radius 1 is 1.39 bits per heavy atom. The molecule has 0 aliphatic heterocycles. The van der Waals surface area contributed by atoms with Crippen LogP contribution in [0.15, 0.2) is 18.2 Å². The number of anilines is 1. The van der Waals surface area contributed by atoms with E-state index >= 15 is 0 Å². The van der Waals surface area contributed by atoms with Gasteiger partial charge >= 0.3 is 6.18 Å². The Balaban J connectivity index is 3.18. The number of halogens is 3. The largest absolute Gasteiger partial charge is 0.418 e. The number of hydrogen-bond donors (Lipinski definition) is 2. The molecule has 1 unspecified atom stereocenters. The van der Waals surface area contributed by atoms with Crippen molar-refractivity contribution in [2.24, 2.45) is 5.73 Å². The Morgan fingerprint density at radius 3 is 2.44 bits per heavy atom. The molecule has 0 aromatic heterocycles. The second-order valence-corrected chi connectivity index (χ2v) is 4.28. The standard InChI is InChI=1S/C12H17F3N2O/c1-8(18)7-17(2)11-4-3-9(6-16)5-10(11)12(13,14)15/h3-5,8,18H,6-7,16H2,1-2H3. The van der Waals surface area contributed by atoms with Crippen LogP contribution in [-0.4, -0.2) is 24.8 Å². The lowest BCUT2D eigenvalue weighted by Gasteiger charge is -2.25. The number of hydrogen-bond acceptors (Lipinski definition) is 3. The first-order chi connectivity index (χ1) is 8.25. The van der Waals surface area contributed by atoms with Crippen LogP contribution in [0.1, 0.15) is 18.1 Å². The fourth-order valence-electron chi connectivity index (χ4n) is 1.76. The van der Waals surface area contributed by atoms with Crippen molar-refractivity contribution >= 4 is 5.69 Å². The lowest BCUT2D eigenvalue weighted by molar-refractivity contribution is -0.137. The summed E-state index contributed by atoms with van der Waals surface area (Å²) in [5, 5.41) is 9.24. The van der Waals surface area contributed by atoms with Gasteiger partial charge in [-0.3, -0.25) is 0 Å². The number of nitrogens with zero attached hydrogens (tertiary/aromatic N) is 1. The molecule has 0 spiro atoms. The molecule has 6 heteroatoms. The Morgan fingerprint density at radius 2 is 2.00 bits per heavy atom. The molecule has 0 amide bonds. The van der Waals surface area contributed by atoms with Gasteiger partial charge in [-0.25, -0.2) is 0 Å².